The number of amides is 1. The van der Waals surface area contributed by atoms with E-state index in [-0.39, 0.29) is 24.4 Å². The second-order valence-corrected chi connectivity index (χ2v) is 7.90. The van der Waals surface area contributed by atoms with Crippen LogP contribution in [0.25, 0.3) is 22.4 Å². The number of nitrogens with zero attached hydrogens (tertiary/aromatic N) is 4. The number of fused-ring (bicyclic) bond motifs is 1. The van der Waals surface area contributed by atoms with E-state index in [0.29, 0.717) is 41.7 Å². The summed E-state index contributed by atoms with van der Waals surface area (Å²) in [6.07, 6.45) is 5.79. The molecule has 1 unspecified atom stereocenters. The summed E-state index contributed by atoms with van der Waals surface area (Å²) in [5, 5.41) is 4.32. The van der Waals surface area contributed by atoms with Crippen LogP contribution >= 0.6 is 11.6 Å². The van der Waals surface area contributed by atoms with Gasteiger partial charge in [-0.15, -0.1) is 5.92 Å². The number of anilines is 1. The molecule has 1 aliphatic rings. The van der Waals surface area contributed by atoms with Crippen molar-refractivity contribution in [3.63, 3.8) is 0 Å². The Morgan fingerprint density at radius 2 is 2.31 bits per heavy atom. The lowest BCUT2D eigenvalue weighted by Gasteiger charge is -2.32. The highest BCUT2D eigenvalue weighted by molar-refractivity contribution is 6.31. The van der Waals surface area contributed by atoms with Gasteiger partial charge in [0.05, 0.1) is 11.2 Å². The van der Waals surface area contributed by atoms with Crippen LogP contribution in [0.2, 0.25) is 5.02 Å². The lowest BCUT2D eigenvalue weighted by molar-refractivity contribution is 0.0955. The van der Waals surface area contributed by atoms with Crippen LogP contribution < -0.4 is 5.32 Å². The average molecular weight is 457 g/mol. The van der Waals surface area contributed by atoms with E-state index in [2.05, 4.69) is 37.1 Å². The molecule has 166 valence electrons. The number of rotatable bonds is 5. The monoisotopic (exact) mass is 456 g/mol. The van der Waals surface area contributed by atoms with E-state index in [9.17, 15) is 9.18 Å². The molecule has 4 rings (SSSR count). The molecule has 1 fully saturated rings. The Labute approximate surface area is 189 Å². The largest absolute Gasteiger partial charge is 0.436 e. The number of halogens is 2. The first-order valence-corrected chi connectivity index (χ1v) is 10.6. The van der Waals surface area contributed by atoms with Crippen LogP contribution in [-0.2, 0) is 4.74 Å². The van der Waals surface area contributed by atoms with E-state index in [1.54, 1.807) is 30.3 Å². The normalized spacial score (nSPS) is 15.8. The number of ether oxygens (including phenoxy) is 1. The average Bonchev–Trinajstić information content (AvgIpc) is 3.22. The molecular formula is C22H22ClFN6O2. The fourth-order valence-corrected chi connectivity index (χ4v) is 3.84. The summed E-state index contributed by atoms with van der Waals surface area (Å²) in [4.78, 5) is 29.6. The van der Waals surface area contributed by atoms with Crippen molar-refractivity contribution >= 4 is 34.5 Å². The van der Waals surface area contributed by atoms with Crippen molar-refractivity contribution in [3.05, 3.63) is 35.5 Å². The van der Waals surface area contributed by atoms with E-state index in [0.717, 1.165) is 24.4 Å². The summed E-state index contributed by atoms with van der Waals surface area (Å²) in [6.45, 7) is 3.40. The van der Waals surface area contributed by atoms with Gasteiger partial charge in [-0.2, -0.15) is 0 Å². The molecular weight excluding hydrogens is 435 g/mol. The predicted octanol–water partition coefficient (Wildman–Crippen LogP) is 4.10. The maximum Gasteiger partial charge on any atom is 0.410 e. The zero-order valence-corrected chi connectivity index (χ0v) is 18.2. The third kappa shape index (κ3) is 4.92. The minimum absolute atomic E-state index is 0.0816. The summed E-state index contributed by atoms with van der Waals surface area (Å²) in [5.74, 6) is 5.46. The maximum atomic E-state index is 14.4. The molecule has 2 N–H and O–H groups in total. The number of carbonyl (C=O) groups is 1. The minimum atomic E-state index is -0.546. The highest BCUT2D eigenvalue weighted by Crippen LogP contribution is 2.28. The molecule has 1 saturated heterocycles. The van der Waals surface area contributed by atoms with E-state index < -0.39 is 5.82 Å². The third-order valence-corrected chi connectivity index (χ3v) is 5.47. The van der Waals surface area contributed by atoms with Crippen molar-refractivity contribution in [2.45, 2.75) is 19.8 Å². The number of hydrogen-bond donors (Lipinski definition) is 2. The number of hydrogen-bond acceptors (Lipinski definition) is 6. The van der Waals surface area contributed by atoms with Gasteiger partial charge in [0.2, 0.25) is 0 Å². The number of carbonyl (C=O) groups excluding carboxylic acids is 1. The molecule has 0 saturated carbocycles. The smallest absolute Gasteiger partial charge is 0.410 e. The summed E-state index contributed by atoms with van der Waals surface area (Å²) >= 11 is 6.06. The SMILES string of the molecule is CC#CCOC(=O)N1CCCC(CNc2nc(-c3c[nH]c4ncc(Cl)cc34)ncc2F)C1. The summed E-state index contributed by atoms with van der Waals surface area (Å²) in [6, 6.07) is 1.76. The predicted molar refractivity (Wildman–Crippen MR) is 120 cm³/mol. The van der Waals surface area contributed by atoms with E-state index in [4.69, 9.17) is 16.3 Å². The first-order valence-electron chi connectivity index (χ1n) is 10.3. The van der Waals surface area contributed by atoms with Gasteiger partial charge in [0.1, 0.15) is 5.65 Å². The molecule has 4 heterocycles. The van der Waals surface area contributed by atoms with Crippen molar-refractivity contribution in [2.75, 3.05) is 31.6 Å². The molecule has 1 atom stereocenters. The molecule has 0 aliphatic carbocycles. The van der Waals surface area contributed by atoms with Crippen molar-refractivity contribution < 1.29 is 13.9 Å². The molecule has 0 bridgehead atoms. The van der Waals surface area contributed by atoms with Gasteiger partial charge in [0, 0.05) is 43.0 Å². The van der Waals surface area contributed by atoms with E-state index in [1.807, 2.05) is 0 Å². The number of aromatic amines is 1. The van der Waals surface area contributed by atoms with Gasteiger partial charge in [-0.05, 0) is 31.7 Å². The quantitative estimate of drug-likeness (QED) is 0.561. The van der Waals surface area contributed by atoms with Crippen molar-refractivity contribution in [1.29, 1.82) is 0 Å². The first kappa shape index (κ1) is 21.8. The molecule has 3 aromatic heterocycles. The van der Waals surface area contributed by atoms with Gasteiger partial charge in [0.15, 0.2) is 24.1 Å². The van der Waals surface area contributed by atoms with Crippen molar-refractivity contribution in [3.8, 4) is 23.2 Å². The lowest BCUT2D eigenvalue weighted by Crippen LogP contribution is -2.42. The number of H-pyrrole nitrogens is 1. The van der Waals surface area contributed by atoms with E-state index in [1.165, 1.54) is 0 Å². The number of pyridine rings is 1. The Balaban J connectivity index is 1.44. The molecule has 3 aromatic rings. The number of nitrogens with one attached hydrogen (secondary N) is 2. The van der Waals surface area contributed by atoms with Crippen molar-refractivity contribution in [2.24, 2.45) is 5.92 Å². The number of piperidine rings is 1. The molecule has 0 aromatic carbocycles. The van der Waals surface area contributed by atoms with Crippen LogP contribution in [0.4, 0.5) is 15.0 Å². The van der Waals surface area contributed by atoms with Gasteiger partial charge in [-0.1, -0.05) is 17.5 Å². The van der Waals surface area contributed by atoms with Crippen LogP contribution in [0.1, 0.15) is 19.8 Å². The fraction of sp³-hybridized carbons (Fsp3) is 0.364. The molecule has 0 radical (unpaired) electrons. The Morgan fingerprint density at radius 1 is 1.44 bits per heavy atom. The number of likely N-dealkylation sites (tertiary alicyclic amines) is 1. The van der Waals surface area contributed by atoms with Gasteiger partial charge >= 0.3 is 6.09 Å². The molecule has 0 spiro atoms. The first-order chi connectivity index (χ1) is 15.5. The minimum Gasteiger partial charge on any atom is -0.436 e. The molecule has 10 heteroatoms. The molecule has 32 heavy (non-hydrogen) atoms. The van der Waals surface area contributed by atoms with Gasteiger partial charge in [-0.25, -0.2) is 24.1 Å². The van der Waals surface area contributed by atoms with Crippen LogP contribution in [0, 0.1) is 23.6 Å². The Morgan fingerprint density at radius 3 is 3.16 bits per heavy atom. The lowest BCUT2D eigenvalue weighted by atomic mass is 9.98. The maximum absolute atomic E-state index is 14.4. The second-order valence-electron chi connectivity index (χ2n) is 7.46. The third-order valence-electron chi connectivity index (χ3n) is 5.26. The van der Waals surface area contributed by atoms with Gasteiger partial charge < -0.3 is 19.9 Å². The highest BCUT2D eigenvalue weighted by Gasteiger charge is 2.25. The Kier molecular flexibility index (Phi) is 6.71. The van der Waals surface area contributed by atoms with E-state index >= 15 is 0 Å². The van der Waals surface area contributed by atoms with Crippen LogP contribution in [-0.4, -0.2) is 57.2 Å². The standard InChI is InChI=1S/C22H22ClFN6O2/c1-2-3-7-32-22(31)30-6-4-5-14(13-30)9-25-21-18(24)12-28-20(29-21)17-11-27-19-16(17)8-15(23)10-26-19/h8,10-12,14H,4-7,9,13H2,1H3,(H,26,27)(H,25,28,29). The summed E-state index contributed by atoms with van der Waals surface area (Å²) in [7, 11) is 0. The number of aromatic nitrogens is 4. The zero-order chi connectivity index (χ0) is 22.5. The molecule has 1 amide bonds. The fourth-order valence-electron chi connectivity index (χ4n) is 3.68. The Hall–Kier alpha value is -3.38. The molecule has 8 nitrogen and oxygen atoms in total. The second kappa shape index (κ2) is 9.83. The van der Waals surface area contributed by atoms with Crippen LogP contribution in [0.15, 0.2) is 24.7 Å². The van der Waals surface area contributed by atoms with Gasteiger partial charge in [0.25, 0.3) is 0 Å². The summed E-state index contributed by atoms with van der Waals surface area (Å²) in [5.41, 5.74) is 1.32. The van der Waals surface area contributed by atoms with Gasteiger partial charge in [-0.3, -0.25) is 0 Å². The topological polar surface area (TPSA) is 96.0 Å². The van der Waals surface area contributed by atoms with Crippen molar-refractivity contribution in [1.82, 2.24) is 24.8 Å². The zero-order valence-electron chi connectivity index (χ0n) is 17.5. The Bertz CT molecular complexity index is 1190. The summed E-state index contributed by atoms with van der Waals surface area (Å²) < 4.78 is 19.5. The highest BCUT2D eigenvalue weighted by atomic mass is 35.5. The van der Waals surface area contributed by atoms with Crippen LogP contribution in [0.5, 0.6) is 0 Å². The van der Waals surface area contributed by atoms with Crippen LogP contribution in [0.3, 0.4) is 0 Å². The molecule has 1 aliphatic heterocycles.